The largest absolute Gasteiger partial charge is 0.508 e. The van der Waals surface area contributed by atoms with Gasteiger partial charge in [-0.25, -0.2) is 25.3 Å². The highest BCUT2D eigenvalue weighted by molar-refractivity contribution is 9.10. The number of phenols is 1. The second kappa shape index (κ2) is 39.9. The van der Waals surface area contributed by atoms with Crippen LogP contribution in [0.2, 0.25) is 0 Å². The molecular weight excluding hydrogens is 1600 g/mol. The number of rotatable bonds is 17. The van der Waals surface area contributed by atoms with E-state index in [2.05, 4.69) is 84.6 Å². The third-order valence-electron chi connectivity index (χ3n) is 19.8. The molecule has 2 N–H and O–H groups in total. The number of thioether (sulfide) groups is 1. The zero-order chi connectivity index (χ0) is 78.0. The van der Waals surface area contributed by atoms with Gasteiger partial charge in [-0.2, -0.15) is 40.0 Å². The Morgan fingerprint density at radius 2 is 0.698 bits per heavy atom. The van der Waals surface area contributed by atoms with Crippen LogP contribution in [0.3, 0.4) is 0 Å². The average Bonchev–Trinajstić information content (AvgIpc) is 1.66. The van der Waals surface area contributed by atoms with Crippen LogP contribution in [0.25, 0.3) is 0 Å². The van der Waals surface area contributed by atoms with Crippen LogP contribution >= 0.6 is 43.6 Å². The van der Waals surface area contributed by atoms with Gasteiger partial charge in [-0.15, -0.1) is 11.8 Å². The Hall–Kier alpha value is -5.61. The number of phenolic OH excluding ortho intramolecular Hbond substituents is 1. The number of sulfone groups is 3. The highest BCUT2D eigenvalue weighted by Gasteiger charge is 2.52. The van der Waals surface area contributed by atoms with Crippen molar-refractivity contribution in [2.24, 2.45) is 32.5 Å². The molecule has 4 aromatic carbocycles. The molecule has 106 heavy (non-hydrogen) atoms. The molecule has 0 unspecified atom stereocenters. The van der Waals surface area contributed by atoms with Crippen molar-refractivity contribution in [2.75, 3.05) is 122 Å². The van der Waals surface area contributed by atoms with Crippen molar-refractivity contribution < 1.29 is 85.8 Å². The summed E-state index contributed by atoms with van der Waals surface area (Å²) in [6, 6.07) is 40.0. The van der Waals surface area contributed by atoms with Crippen molar-refractivity contribution in [1.82, 2.24) is 0 Å². The number of nitrogens with zero attached hydrogens (tertiary/aromatic N) is 6. The number of aromatic hydroxyl groups is 1. The van der Waals surface area contributed by atoms with Crippen molar-refractivity contribution in [3.8, 4) is 42.2 Å². The molecule has 0 radical (unpaired) electrons. The van der Waals surface area contributed by atoms with Gasteiger partial charge >= 0.3 is 7.12 Å². The van der Waals surface area contributed by atoms with E-state index in [9.17, 15) is 59.8 Å². The van der Waals surface area contributed by atoms with Gasteiger partial charge in [0, 0.05) is 98.9 Å². The lowest BCUT2D eigenvalue weighted by Crippen LogP contribution is -2.41. The van der Waals surface area contributed by atoms with Gasteiger partial charge in [-0.05, 0) is 195 Å². The van der Waals surface area contributed by atoms with Crippen LogP contribution in [0.5, 0.6) is 5.75 Å². The van der Waals surface area contributed by atoms with Crippen LogP contribution in [0.15, 0.2) is 126 Å². The summed E-state index contributed by atoms with van der Waals surface area (Å²) in [6.45, 7) is 14.0. The zero-order valence-corrected chi connectivity index (χ0v) is 67.6. The van der Waals surface area contributed by atoms with E-state index in [4.69, 9.17) is 53.4 Å². The molecule has 7 heterocycles. The fourth-order valence-electron chi connectivity index (χ4n) is 11.7. The van der Waals surface area contributed by atoms with Crippen molar-refractivity contribution in [3.63, 3.8) is 0 Å². The predicted molar refractivity (Wildman–Crippen MR) is 402 cm³/mol. The van der Waals surface area contributed by atoms with Crippen molar-refractivity contribution in [2.45, 2.75) is 136 Å². The van der Waals surface area contributed by atoms with Crippen LogP contribution in [0.1, 0.15) is 105 Å². The monoisotopic (exact) mass is 1690 g/mol. The maximum absolute atomic E-state index is 12.8. The minimum atomic E-state index is -3.58. The summed E-state index contributed by atoms with van der Waals surface area (Å²) in [5.74, 6) is 0.344. The first-order chi connectivity index (χ1) is 50.0. The second-order valence-corrected chi connectivity index (χ2v) is 38.8. The summed E-state index contributed by atoms with van der Waals surface area (Å²) >= 11 is 8.45. The normalized spacial score (nSPS) is 20.8. The maximum Gasteiger partial charge on any atom is 0.494 e. The quantitative estimate of drug-likeness (QED) is 0.0563. The number of hydrogen-bond acceptors (Lipinski definition) is 26. The summed E-state index contributed by atoms with van der Waals surface area (Å²) in [5.41, 5.74) is -4.08. The van der Waals surface area contributed by atoms with Crippen LogP contribution in [0, 0.1) is 100 Å². The lowest BCUT2D eigenvalue weighted by Gasteiger charge is -2.32. The van der Waals surface area contributed by atoms with Gasteiger partial charge < -0.3 is 47.9 Å². The summed E-state index contributed by atoms with van der Waals surface area (Å²) in [6.07, 6.45) is 7.76. The summed E-state index contributed by atoms with van der Waals surface area (Å²) < 4.78 is 146. The maximum atomic E-state index is 12.8. The zero-order valence-electron chi connectivity index (χ0n) is 60.3. The molecule has 0 aliphatic carbocycles. The van der Waals surface area contributed by atoms with Gasteiger partial charge in [0.25, 0.3) is 10.1 Å². The van der Waals surface area contributed by atoms with Crippen LogP contribution in [-0.2, 0) is 81.5 Å². The molecule has 11 rings (SSSR count). The van der Waals surface area contributed by atoms with E-state index < -0.39 is 85.0 Å². The van der Waals surface area contributed by atoms with Crippen LogP contribution < -0.4 is 5.46 Å². The molecule has 0 atom stereocenters. The van der Waals surface area contributed by atoms with E-state index in [0.717, 1.165) is 39.3 Å². The second-order valence-electron chi connectivity index (χ2n) is 28.3. The number of ether oxygens (including phenoxy) is 6. The molecule has 0 aromatic heterocycles. The first-order valence-corrected chi connectivity index (χ1v) is 43.8. The number of benzene rings is 4. The van der Waals surface area contributed by atoms with Gasteiger partial charge in [0.2, 0.25) is 0 Å². The third-order valence-corrected chi connectivity index (χ3v) is 28.5. The molecule has 576 valence electrons. The van der Waals surface area contributed by atoms with Crippen LogP contribution in [0.4, 0.5) is 0 Å². The van der Waals surface area contributed by atoms with E-state index in [-0.39, 0.29) is 56.3 Å². The van der Waals surface area contributed by atoms with Gasteiger partial charge in [0.15, 0.2) is 29.5 Å². The average molecular weight is 1690 g/mol. The molecule has 4 aromatic rings. The van der Waals surface area contributed by atoms with Gasteiger partial charge in [-0.1, -0.05) is 44.0 Å². The molecular formula is C73H93BBr2N6O19S5. The van der Waals surface area contributed by atoms with Gasteiger partial charge in [-0.3, -0.25) is 4.18 Å². The van der Waals surface area contributed by atoms with E-state index in [1.165, 1.54) is 29.2 Å². The molecule has 7 fully saturated rings. The Labute approximate surface area is 646 Å². The minimum Gasteiger partial charge on any atom is -0.508 e. The molecule has 0 bridgehead atoms. The Morgan fingerprint density at radius 3 is 0.991 bits per heavy atom. The van der Waals surface area contributed by atoms with Crippen LogP contribution in [-0.4, -0.2) is 184 Å². The highest BCUT2D eigenvalue weighted by atomic mass is 79.9. The number of aliphatic hydroxyl groups is 1. The van der Waals surface area contributed by atoms with E-state index in [1.54, 1.807) is 60.3 Å². The van der Waals surface area contributed by atoms with Crippen molar-refractivity contribution >= 4 is 95.8 Å². The lowest BCUT2D eigenvalue weighted by atomic mass is 9.79. The first kappa shape index (κ1) is 89.3. The molecule has 33 heteroatoms. The minimum absolute atomic E-state index is 0.0139. The van der Waals surface area contributed by atoms with Crippen molar-refractivity contribution in [3.05, 3.63) is 106 Å². The van der Waals surface area contributed by atoms with Gasteiger partial charge in [0.05, 0.1) is 132 Å². The summed E-state index contributed by atoms with van der Waals surface area (Å²) in [4.78, 5) is 1.82. The molecule has 25 nitrogen and oxygen atoms in total. The SMILES string of the molecule is CC1(C)OB(c2ccc(S(=O)(=O)CC3(C#N)CCOCC3)cc2)OC1(C)C.CS(=O)(=O)OCC1(C#N)CCOCC1.N#CC1(CO)CCOCC1.N#CC1(CS(=O)(=O)c2ccc(Br)cc2)CCOCC1.N#CC1(CS(=O)(=O)c2ccc(O)cc2)CCOCC1.N#CC1(CSc2ccc(Br)cc2)CCOCC1. The van der Waals surface area contributed by atoms with Crippen molar-refractivity contribution in [1.29, 1.82) is 31.6 Å². The third kappa shape index (κ3) is 26.6. The van der Waals surface area contributed by atoms with Gasteiger partial charge in [0.1, 0.15) is 5.75 Å². The lowest BCUT2D eigenvalue weighted by molar-refractivity contribution is 0.00578. The molecule has 0 saturated carbocycles. The number of nitriles is 6. The van der Waals surface area contributed by atoms with E-state index >= 15 is 0 Å². The molecule has 0 amide bonds. The molecule has 7 aliphatic heterocycles. The first-order valence-electron chi connectivity index (χ1n) is 34.5. The highest BCUT2D eigenvalue weighted by Crippen LogP contribution is 2.41. The predicted octanol–water partition coefficient (Wildman–Crippen LogP) is 10.6. The van der Waals surface area contributed by atoms with E-state index in [1.807, 2.05) is 39.8 Å². The Morgan fingerprint density at radius 1 is 0.425 bits per heavy atom. The Kier molecular flexibility index (Phi) is 33.6. The summed E-state index contributed by atoms with van der Waals surface area (Å²) in [7, 11) is -14.6. The summed E-state index contributed by atoms with van der Waals surface area (Å²) in [5, 5.41) is 73.2. The topological polar surface area (TPSA) is 403 Å². The number of hydrogen-bond donors (Lipinski definition) is 2. The Balaban J connectivity index is 0.000000204. The smallest absolute Gasteiger partial charge is 0.494 e. The van der Waals surface area contributed by atoms with E-state index in [0.29, 0.717) is 143 Å². The molecule has 7 saturated heterocycles. The number of aliphatic hydroxyl groups excluding tert-OH is 1. The molecule has 0 spiro atoms. The fourth-order valence-corrected chi connectivity index (χ4v) is 19.2. The number of halogens is 2. The standard InChI is InChI=1S/C19H26BNO5S.C13H14BrNO3S.C13H14BrNOS.C13H15NO4S.C8H13NO4S.C7H11NO2/c1-17(2)18(3,4)26-20(25-17)15-5-7-16(8-6-15)27(22,23)14-19(13-21)9-11-24-12-10-19;14-11-1-3-12(4-2-11)19(16,17)10-13(9-15)5-7-18-8-6-13;14-11-1-3-12(4-2-11)17-10-13(9-15)5-7-16-8-6-13;14-9-13(5-7-18-8-6-13)10-19(16,17)12-3-1-11(15)2-4-12;1-14(10,11)13-7-8(6-9)2-4-12-5-3-8;8-5-7(6-9)1-3-10-4-2-7/h5-8H,9-12,14H2,1-4H3;1-4H,5-8,10H2;1-4H,5-8,10H2;1-4,15H,5-8,10H2;2-5,7H2,1H3;9H,1-4,6H2. The Bertz CT molecular complexity index is 4110. The molecule has 7 aliphatic rings. The fraction of sp³-hybridized carbons (Fsp3) is 0.589.